The maximum atomic E-state index is 12.1. The molecule has 0 aliphatic heterocycles. The van der Waals surface area contributed by atoms with E-state index in [1.165, 1.54) is 0 Å². The zero-order valence-corrected chi connectivity index (χ0v) is 13.0. The summed E-state index contributed by atoms with van der Waals surface area (Å²) in [5, 5.41) is 8.48. The normalized spacial score (nSPS) is 10.0. The van der Waals surface area contributed by atoms with Gasteiger partial charge in [-0.3, -0.25) is 9.59 Å². The van der Waals surface area contributed by atoms with Crippen LogP contribution in [0, 0.1) is 6.92 Å². The van der Waals surface area contributed by atoms with Crippen LogP contribution < -0.4 is 16.0 Å². The number of hydrogen-bond acceptors (Lipinski definition) is 4. The monoisotopic (exact) mass is 292 g/mol. The molecule has 1 aromatic heterocycles. The molecule has 0 atom stereocenters. The zero-order chi connectivity index (χ0) is 15.7. The quantitative estimate of drug-likeness (QED) is 0.677. The molecule has 0 aliphatic rings. The van der Waals surface area contributed by atoms with Crippen molar-refractivity contribution in [3.63, 3.8) is 0 Å². The van der Waals surface area contributed by atoms with Gasteiger partial charge in [-0.2, -0.15) is 0 Å². The number of amides is 2. The summed E-state index contributed by atoms with van der Waals surface area (Å²) >= 11 is 0. The van der Waals surface area contributed by atoms with Crippen LogP contribution in [0.5, 0.6) is 0 Å². The van der Waals surface area contributed by atoms with Crippen LogP contribution in [0.3, 0.4) is 0 Å². The SMILES string of the molecule is CCCNC(=O)CNC(=O)c1cc(C)nc(NCCC)c1. The minimum Gasteiger partial charge on any atom is -0.370 e. The van der Waals surface area contributed by atoms with E-state index in [9.17, 15) is 9.59 Å². The molecular weight excluding hydrogens is 268 g/mol. The Kier molecular flexibility index (Phi) is 7.21. The largest absolute Gasteiger partial charge is 0.370 e. The fourth-order valence-corrected chi connectivity index (χ4v) is 1.73. The lowest BCUT2D eigenvalue weighted by Crippen LogP contribution is -2.37. The number of nitrogens with zero attached hydrogens (tertiary/aromatic N) is 1. The highest BCUT2D eigenvalue weighted by Crippen LogP contribution is 2.10. The summed E-state index contributed by atoms with van der Waals surface area (Å²) < 4.78 is 0. The smallest absolute Gasteiger partial charge is 0.251 e. The molecule has 3 N–H and O–H groups in total. The summed E-state index contributed by atoms with van der Waals surface area (Å²) in [7, 11) is 0. The van der Waals surface area contributed by atoms with Crippen molar-refractivity contribution in [2.24, 2.45) is 0 Å². The molecule has 116 valence electrons. The van der Waals surface area contributed by atoms with Crippen molar-refractivity contribution in [3.05, 3.63) is 23.4 Å². The third-order valence-corrected chi connectivity index (χ3v) is 2.75. The highest BCUT2D eigenvalue weighted by Gasteiger charge is 2.10. The Morgan fingerprint density at radius 1 is 1.10 bits per heavy atom. The summed E-state index contributed by atoms with van der Waals surface area (Å²) in [5.74, 6) is 0.226. The van der Waals surface area contributed by atoms with E-state index in [-0.39, 0.29) is 18.4 Å². The Morgan fingerprint density at radius 2 is 1.81 bits per heavy atom. The second-order valence-electron chi connectivity index (χ2n) is 4.84. The first-order valence-corrected chi connectivity index (χ1v) is 7.34. The molecular formula is C15H24N4O2. The molecule has 0 bridgehead atoms. The van der Waals surface area contributed by atoms with Crippen LogP contribution in [-0.2, 0) is 4.79 Å². The number of carbonyl (C=O) groups is 2. The van der Waals surface area contributed by atoms with Crippen molar-refractivity contribution in [2.75, 3.05) is 25.0 Å². The van der Waals surface area contributed by atoms with Gasteiger partial charge in [0.05, 0.1) is 6.54 Å². The summed E-state index contributed by atoms with van der Waals surface area (Å²) in [5.41, 5.74) is 1.26. The average Bonchev–Trinajstić information content (AvgIpc) is 2.47. The fourth-order valence-electron chi connectivity index (χ4n) is 1.73. The molecule has 1 heterocycles. The Balaban J connectivity index is 2.60. The van der Waals surface area contributed by atoms with Crippen molar-refractivity contribution in [2.45, 2.75) is 33.6 Å². The van der Waals surface area contributed by atoms with Gasteiger partial charge in [-0.05, 0) is 31.9 Å². The van der Waals surface area contributed by atoms with E-state index in [2.05, 4.69) is 27.9 Å². The molecule has 2 amide bonds. The van der Waals surface area contributed by atoms with Crippen molar-refractivity contribution in [1.29, 1.82) is 0 Å². The van der Waals surface area contributed by atoms with Crippen LogP contribution >= 0.6 is 0 Å². The number of rotatable bonds is 8. The fraction of sp³-hybridized carbons (Fsp3) is 0.533. The molecule has 0 radical (unpaired) electrons. The highest BCUT2D eigenvalue weighted by atomic mass is 16.2. The summed E-state index contributed by atoms with van der Waals surface area (Å²) in [6.45, 7) is 7.28. The number of anilines is 1. The number of aromatic nitrogens is 1. The van der Waals surface area contributed by atoms with E-state index in [4.69, 9.17) is 0 Å². The molecule has 0 saturated heterocycles. The molecule has 21 heavy (non-hydrogen) atoms. The van der Waals surface area contributed by atoms with E-state index >= 15 is 0 Å². The predicted octanol–water partition coefficient (Wildman–Crippen LogP) is 1.47. The minimum atomic E-state index is -0.272. The molecule has 0 spiro atoms. The molecule has 6 nitrogen and oxygen atoms in total. The van der Waals surface area contributed by atoms with Gasteiger partial charge in [0.25, 0.3) is 5.91 Å². The van der Waals surface area contributed by atoms with Gasteiger partial charge in [-0.25, -0.2) is 4.98 Å². The first kappa shape index (κ1) is 16.9. The number of aryl methyl sites for hydroxylation is 1. The minimum absolute atomic E-state index is 0.0159. The van der Waals surface area contributed by atoms with E-state index in [0.717, 1.165) is 25.1 Å². The van der Waals surface area contributed by atoms with Crippen LogP contribution in [0.4, 0.5) is 5.82 Å². The molecule has 0 aromatic carbocycles. The van der Waals surface area contributed by atoms with Gasteiger partial charge < -0.3 is 16.0 Å². The van der Waals surface area contributed by atoms with Crippen molar-refractivity contribution < 1.29 is 9.59 Å². The molecule has 0 saturated carbocycles. The van der Waals surface area contributed by atoms with E-state index < -0.39 is 0 Å². The second kappa shape index (κ2) is 8.94. The first-order chi connectivity index (χ1) is 10.1. The zero-order valence-electron chi connectivity index (χ0n) is 13.0. The van der Waals surface area contributed by atoms with Crippen LogP contribution in [0.25, 0.3) is 0 Å². The van der Waals surface area contributed by atoms with Gasteiger partial charge in [0.2, 0.25) is 5.91 Å². The number of carbonyl (C=O) groups excluding carboxylic acids is 2. The number of pyridine rings is 1. The van der Waals surface area contributed by atoms with Crippen LogP contribution in [0.1, 0.15) is 42.7 Å². The average molecular weight is 292 g/mol. The van der Waals surface area contributed by atoms with Gasteiger partial charge in [0.1, 0.15) is 5.82 Å². The standard InChI is InChI=1S/C15H24N4O2/c1-4-6-16-13-9-12(8-11(3)19-13)15(21)18-10-14(20)17-7-5-2/h8-9H,4-7,10H2,1-3H3,(H,16,19)(H,17,20)(H,18,21). The van der Waals surface area contributed by atoms with E-state index in [0.29, 0.717) is 17.9 Å². The van der Waals surface area contributed by atoms with Crippen molar-refractivity contribution in [1.82, 2.24) is 15.6 Å². The van der Waals surface area contributed by atoms with Crippen LogP contribution in [-0.4, -0.2) is 36.4 Å². The van der Waals surface area contributed by atoms with E-state index in [1.807, 2.05) is 13.8 Å². The van der Waals surface area contributed by atoms with Gasteiger partial charge in [-0.1, -0.05) is 13.8 Å². The molecule has 0 aliphatic carbocycles. The Bertz CT molecular complexity index is 489. The lowest BCUT2D eigenvalue weighted by molar-refractivity contribution is -0.120. The lowest BCUT2D eigenvalue weighted by Gasteiger charge is -2.09. The third kappa shape index (κ3) is 6.25. The maximum Gasteiger partial charge on any atom is 0.251 e. The Hall–Kier alpha value is -2.11. The van der Waals surface area contributed by atoms with Gasteiger partial charge in [-0.15, -0.1) is 0 Å². The number of hydrogen-bond donors (Lipinski definition) is 3. The molecule has 1 aromatic rings. The summed E-state index contributed by atoms with van der Waals surface area (Å²) in [6.07, 6.45) is 1.85. The molecule has 6 heteroatoms. The Morgan fingerprint density at radius 3 is 2.48 bits per heavy atom. The topological polar surface area (TPSA) is 83.1 Å². The van der Waals surface area contributed by atoms with Gasteiger partial charge in [0.15, 0.2) is 0 Å². The first-order valence-electron chi connectivity index (χ1n) is 7.34. The predicted molar refractivity (Wildman–Crippen MR) is 83.4 cm³/mol. The van der Waals surface area contributed by atoms with Gasteiger partial charge >= 0.3 is 0 Å². The van der Waals surface area contributed by atoms with Gasteiger partial charge in [0, 0.05) is 24.3 Å². The van der Waals surface area contributed by atoms with E-state index in [1.54, 1.807) is 12.1 Å². The third-order valence-electron chi connectivity index (χ3n) is 2.75. The summed E-state index contributed by atoms with van der Waals surface area (Å²) in [4.78, 5) is 27.8. The second-order valence-corrected chi connectivity index (χ2v) is 4.84. The molecule has 0 fully saturated rings. The molecule has 0 unspecified atom stereocenters. The lowest BCUT2D eigenvalue weighted by atomic mass is 10.2. The number of nitrogens with one attached hydrogen (secondary N) is 3. The summed E-state index contributed by atoms with van der Waals surface area (Å²) in [6, 6.07) is 3.40. The highest BCUT2D eigenvalue weighted by molar-refractivity contribution is 5.97. The van der Waals surface area contributed by atoms with Crippen molar-refractivity contribution in [3.8, 4) is 0 Å². The van der Waals surface area contributed by atoms with Crippen LogP contribution in [0.15, 0.2) is 12.1 Å². The Labute approximate surface area is 125 Å². The van der Waals surface area contributed by atoms with Crippen molar-refractivity contribution >= 4 is 17.6 Å². The van der Waals surface area contributed by atoms with Crippen LogP contribution in [0.2, 0.25) is 0 Å². The molecule has 1 rings (SSSR count). The maximum absolute atomic E-state index is 12.1.